The highest BCUT2D eigenvalue weighted by Gasteiger charge is 2.21. The standard InChI is InChI=1S/C19H22N6OS/c1-13-9-16(10-14(2)21-13)24-5-7-25(8-6-24)19(26)20-12-15-3-4-17-18(11-15)23-27-22-17/h3-4,9-11H,5-8,12H2,1-2H3,(H,20,26). The quantitative estimate of drug-likeness (QED) is 0.754. The van der Waals surface area contributed by atoms with Crippen LogP contribution >= 0.6 is 11.7 Å². The first-order valence-electron chi connectivity index (χ1n) is 9.03. The maximum absolute atomic E-state index is 12.5. The second kappa shape index (κ2) is 7.48. The van der Waals surface area contributed by atoms with E-state index in [4.69, 9.17) is 0 Å². The van der Waals surface area contributed by atoms with E-state index in [1.807, 2.05) is 36.9 Å². The van der Waals surface area contributed by atoms with E-state index in [1.54, 1.807) is 0 Å². The molecule has 4 rings (SSSR count). The van der Waals surface area contributed by atoms with Crippen LogP contribution in [0.5, 0.6) is 0 Å². The third kappa shape index (κ3) is 4.00. The van der Waals surface area contributed by atoms with Crippen LogP contribution < -0.4 is 10.2 Å². The van der Waals surface area contributed by atoms with Gasteiger partial charge in [-0.25, -0.2) is 4.79 Å². The number of pyridine rings is 1. The number of amides is 2. The van der Waals surface area contributed by atoms with Crippen molar-refractivity contribution < 1.29 is 4.79 Å². The minimum absolute atomic E-state index is 0.0201. The first kappa shape index (κ1) is 17.7. The number of nitrogens with zero attached hydrogens (tertiary/aromatic N) is 5. The Balaban J connectivity index is 1.31. The smallest absolute Gasteiger partial charge is 0.317 e. The molecule has 1 saturated heterocycles. The predicted molar refractivity (Wildman–Crippen MR) is 107 cm³/mol. The molecular weight excluding hydrogens is 360 g/mol. The zero-order valence-electron chi connectivity index (χ0n) is 15.5. The molecule has 1 aliphatic heterocycles. The van der Waals surface area contributed by atoms with Crippen LogP contribution in [0.15, 0.2) is 30.3 Å². The Kier molecular flexibility index (Phi) is 4.89. The van der Waals surface area contributed by atoms with Crippen molar-refractivity contribution in [1.82, 2.24) is 23.9 Å². The molecule has 7 nitrogen and oxygen atoms in total. The molecule has 140 valence electrons. The number of hydrogen-bond donors (Lipinski definition) is 1. The number of carbonyl (C=O) groups is 1. The highest BCUT2D eigenvalue weighted by atomic mass is 32.1. The number of carbonyl (C=O) groups excluding carboxylic acids is 1. The van der Waals surface area contributed by atoms with Gasteiger partial charge in [0.05, 0.1) is 11.7 Å². The Bertz CT molecular complexity index is 943. The average Bonchev–Trinajstić information content (AvgIpc) is 3.13. The molecule has 0 atom stereocenters. The number of nitrogens with one attached hydrogen (secondary N) is 1. The average molecular weight is 382 g/mol. The van der Waals surface area contributed by atoms with Gasteiger partial charge in [0, 0.05) is 49.8 Å². The summed E-state index contributed by atoms with van der Waals surface area (Å²) < 4.78 is 8.44. The third-order valence-electron chi connectivity index (χ3n) is 4.76. The first-order valence-corrected chi connectivity index (χ1v) is 9.76. The number of aromatic nitrogens is 3. The van der Waals surface area contributed by atoms with Gasteiger partial charge in [0.15, 0.2) is 0 Å². The molecule has 0 spiro atoms. The van der Waals surface area contributed by atoms with Gasteiger partial charge < -0.3 is 15.1 Å². The van der Waals surface area contributed by atoms with Crippen LogP contribution in [0.4, 0.5) is 10.5 Å². The molecule has 3 heterocycles. The highest BCUT2D eigenvalue weighted by molar-refractivity contribution is 7.00. The Morgan fingerprint density at radius 1 is 1.04 bits per heavy atom. The van der Waals surface area contributed by atoms with E-state index in [-0.39, 0.29) is 6.03 Å². The topological polar surface area (TPSA) is 74.2 Å². The molecule has 0 unspecified atom stereocenters. The summed E-state index contributed by atoms with van der Waals surface area (Å²) >= 11 is 1.20. The zero-order valence-corrected chi connectivity index (χ0v) is 16.3. The van der Waals surface area contributed by atoms with E-state index in [0.29, 0.717) is 19.6 Å². The molecule has 8 heteroatoms. The minimum Gasteiger partial charge on any atom is -0.368 e. The monoisotopic (exact) mass is 382 g/mol. The van der Waals surface area contributed by atoms with E-state index < -0.39 is 0 Å². The van der Waals surface area contributed by atoms with Crippen molar-refractivity contribution in [1.29, 1.82) is 0 Å². The van der Waals surface area contributed by atoms with Gasteiger partial charge in [-0.15, -0.1) is 0 Å². The fraction of sp³-hybridized carbons (Fsp3) is 0.368. The molecule has 0 bridgehead atoms. The summed E-state index contributed by atoms with van der Waals surface area (Å²) in [6, 6.07) is 10.1. The number of piperazine rings is 1. The van der Waals surface area contributed by atoms with E-state index >= 15 is 0 Å². The fourth-order valence-electron chi connectivity index (χ4n) is 3.39. The van der Waals surface area contributed by atoms with Gasteiger partial charge in [0.1, 0.15) is 11.0 Å². The minimum atomic E-state index is -0.0201. The number of rotatable bonds is 3. The molecule has 0 radical (unpaired) electrons. The number of fused-ring (bicyclic) bond motifs is 1. The third-order valence-corrected chi connectivity index (χ3v) is 5.32. The Morgan fingerprint density at radius 2 is 1.74 bits per heavy atom. The summed E-state index contributed by atoms with van der Waals surface area (Å²) in [7, 11) is 0. The van der Waals surface area contributed by atoms with Gasteiger partial charge in [-0.05, 0) is 43.7 Å². The van der Waals surface area contributed by atoms with Crippen LogP contribution in [0.3, 0.4) is 0 Å². The zero-order chi connectivity index (χ0) is 18.8. The molecule has 1 N–H and O–H groups in total. The Morgan fingerprint density at radius 3 is 2.48 bits per heavy atom. The summed E-state index contributed by atoms with van der Waals surface area (Å²) in [6.07, 6.45) is 0. The molecule has 2 amide bonds. The largest absolute Gasteiger partial charge is 0.368 e. The normalized spacial score (nSPS) is 14.6. The number of anilines is 1. The SMILES string of the molecule is Cc1cc(N2CCN(C(=O)NCc3ccc4nsnc4c3)CC2)cc(C)n1. The number of urea groups is 1. The molecule has 2 aromatic heterocycles. The number of hydrogen-bond acceptors (Lipinski definition) is 6. The van der Waals surface area contributed by atoms with Crippen molar-refractivity contribution in [3.63, 3.8) is 0 Å². The van der Waals surface area contributed by atoms with Crippen LogP contribution in [0, 0.1) is 13.8 Å². The van der Waals surface area contributed by atoms with Crippen molar-refractivity contribution in [3.8, 4) is 0 Å². The first-order chi connectivity index (χ1) is 13.1. The van der Waals surface area contributed by atoms with E-state index in [0.717, 1.165) is 41.1 Å². The Labute approximate surface area is 162 Å². The predicted octanol–water partition coefficient (Wildman–Crippen LogP) is 2.73. The number of benzene rings is 1. The molecule has 27 heavy (non-hydrogen) atoms. The van der Waals surface area contributed by atoms with Crippen LogP contribution in [0.25, 0.3) is 11.0 Å². The lowest BCUT2D eigenvalue weighted by molar-refractivity contribution is 0.194. The van der Waals surface area contributed by atoms with Crippen molar-refractivity contribution in [3.05, 3.63) is 47.3 Å². The summed E-state index contributed by atoms with van der Waals surface area (Å²) in [5.74, 6) is 0. The summed E-state index contributed by atoms with van der Waals surface area (Å²) in [5, 5.41) is 3.01. The summed E-state index contributed by atoms with van der Waals surface area (Å²) in [4.78, 5) is 21.1. The summed E-state index contributed by atoms with van der Waals surface area (Å²) in [6.45, 7) is 7.59. The van der Waals surface area contributed by atoms with Crippen LogP contribution in [-0.4, -0.2) is 50.8 Å². The molecule has 1 aromatic carbocycles. The van der Waals surface area contributed by atoms with Crippen molar-refractivity contribution >= 4 is 34.5 Å². The molecule has 0 saturated carbocycles. The van der Waals surface area contributed by atoms with Gasteiger partial charge in [-0.2, -0.15) is 8.75 Å². The lowest BCUT2D eigenvalue weighted by Gasteiger charge is -2.36. The van der Waals surface area contributed by atoms with E-state index in [9.17, 15) is 4.79 Å². The van der Waals surface area contributed by atoms with Gasteiger partial charge >= 0.3 is 6.03 Å². The fourth-order valence-corrected chi connectivity index (χ4v) is 3.91. The van der Waals surface area contributed by atoms with Gasteiger partial charge in [0.25, 0.3) is 0 Å². The van der Waals surface area contributed by atoms with Crippen molar-refractivity contribution in [2.45, 2.75) is 20.4 Å². The van der Waals surface area contributed by atoms with Gasteiger partial charge in [0.2, 0.25) is 0 Å². The maximum atomic E-state index is 12.5. The second-order valence-electron chi connectivity index (χ2n) is 6.83. The maximum Gasteiger partial charge on any atom is 0.317 e. The van der Waals surface area contributed by atoms with Gasteiger partial charge in [-0.3, -0.25) is 4.98 Å². The second-order valence-corrected chi connectivity index (χ2v) is 7.36. The van der Waals surface area contributed by atoms with Crippen LogP contribution in [0.2, 0.25) is 0 Å². The number of aryl methyl sites for hydroxylation is 2. The van der Waals surface area contributed by atoms with Crippen molar-refractivity contribution in [2.75, 3.05) is 31.1 Å². The lowest BCUT2D eigenvalue weighted by atomic mass is 10.2. The van der Waals surface area contributed by atoms with Crippen LogP contribution in [-0.2, 0) is 6.54 Å². The molecule has 1 fully saturated rings. The molecule has 3 aromatic rings. The lowest BCUT2D eigenvalue weighted by Crippen LogP contribution is -2.51. The molecular formula is C19H22N6OS. The molecule has 0 aliphatic carbocycles. The molecule has 1 aliphatic rings. The van der Waals surface area contributed by atoms with Gasteiger partial charge in [-0.1, -0.05) is 6.07 Å². The van der Waals surface area contributed by atoms with E-state index in [2.05, 4.69) is 36.1 Å². The summed E-state index contributed by atoms with van der Waals surface area (Å²) in [5.41, 5.74) is 6.04. The van der Waals surface area contributed by atoms with Crippen molar-refractivity contribution in [2.24, 2.45) is 0 Å². The van der Waals surface area contributed by atoms with Crippen LogP contribution in [0.1, 0.15) is 17.0 Å². The highest BCUT2D eigenvalue weighted by Crippen LogP contribution is 2.19. The van der Waals surface area contributed by atoms with E-state index in [1.165, 1.54) is 17.4 Å². The Hall–Kier alpha value is -2.74.